The first-order chi connectivity index (χ1) is 7.61. The number of unbranched alkanes of at least 4 members (excludes halogenated alkanes) is 1. The van der Waals surface area contributed by atoms with Crippen molar-refractivity contribution in [2.75, 3.05) is 13.7 Å². The smallest absolute Gasteiger partial charge is 0.144 e. The van der Waals surface area contributed by atoms with Crippen molar-refractivity contribution < 1.29 is 9.84 Å². The van der Waals surface area contributed by atoms with Gasteiger partial charge < -0.3 is 15.6 Å². The van der Waals surface area contributed by atoms with Gasteiger partial charge in [-0.25, -0.2) is 0 Å². The summed E-state index contributed by atoms with van der Waals surface area (Å²) in [7, 11) is 1.54. The number of phenolic OH excluding ortho intramolecular Hbond substituents is 1. The molecule has 0 aliphatic heterocycles. The lowest BCUT2D eigenvalue weighted by Gasteiger charge is -2.13. The van der Waals surface area contributed by atoms with Crippen LogP contribution in [-0.4, -0.2) is 18.8 Å². The van der Waals surface area contributed by atoms with Crippen LogP contribution in [0, 0.1) is 6.92 Å². The van der Waals surface area contributed by atoms with E-state index in [1.807, 2.05) is 0 Å². The molecule has 0 spiro atoms. The highest BCUT2D eigenvalue weighted by Crippen LogP contribution is 2.37. The van der Waals surface area contributed by atoms with Crippen molar-refractivity contribution >= 4 is 11.6 Å². The van der Waals surface area contributed by atoms with E-state index in [2.05, 4.69) is 0 Å². The molecule has 3 N–H and O–H groups in total. The molecule has 0 atom stereocenters. The van der Waals surface area contributed by atoms with Gasteiger partial charge in [-0.1, -0.05) is 11.6 Å². The number of hydrogen-bond acceptors (Lipinski definition) is 3. The molecule has 4 heteroatoms. The van der Waals surface area contributed by atoms with Crippen molar-refractivity contribution in [3.63, 3.8) is 0 Å². The number of aryl methyl sites for hydroxylation is 1. The highest BCUT2D eigenvalue weighted by Gasteiger charge is 2.13. The molecule has 16 heavy (non-hydrogen) atoms. The molecule has 1 aromatic carbocycles. The number of phenols is 1. The van der Waals surface area contributed by atoms with Gasteiger partial charge in [0.2, 0.25) is 0 Å². The zero-order valence-electron chi connectivity index (χ0n) is 9.72. The summed E-state index contributed by atoms with van der Waals surface area (Å²) in [6.45, 7) is 2.47. The van der Waals surface area contributed by atoms with Gasteiger partial charge in [-0.2, -0.15) is 0 Å². The minimum atomic E-state index is 0.276. The van der Waals surface area contributed by atoms with E-state index in [-0.39, 0.29) is 5.75 Å². The molecule has 0 fully saturated rings. The Kier molecular flexibility index (Phi) is 4.90. The van der Waals surface area contributed by atoms with Crippen molar-refractivity contribution in [3.05, 3.63) is 22.2 Å². The molecular weight excluding hydrogens is 226 g/mol. The Morgan fingerprint density at radius 1 is 1.44 bits per heavy atom. The molecule has 0 aromatic heterocycles. The molecule has 0 unspecified atom stereocenters. The summed E-state index contributed by atoms with van der Waals surface area (Å²) in [6.07, 6.45) is 2.68. The number of halogens is 1. The SMILES string of the molecule is COc1c(Cl)cc(CCCCN)c(O)c1C. The third-order valence-electron chi connectivity index (χ3n) is 2.62. The van der Waals surface area contributed by atoms with Gasteiger partial charge in [-0.3, -0.25) is 0 Å². The predicted molar refractivity (Wildman–Crippen MR) is 66.4 cm³/mol. The number of hydrogen-bond donors (Lipinski definition) is 2. The van der Waals surface area contributed by atoms with Crippen molar-refractivity contribution in [3.8, 4) is 11.5 Å². The van der Waals surface area contributed by atoms with Crippen LogP contribution >= 0.6 is 11.6 Å². The van der Waals surface area contributed by atoms with E-state index >= 15 is 0 Å². The fraction of sp³-hybridized carbons (Fsp3) is 0.500. The maximum atomic E-state index is 9.96. The first-order valence-corrected chi connectivity index (χ1v) is 5.74. The van der Waals surface area contributed by atoms with Crippen LogP contribution in [0.2, 0.25) is 5.02 Å². The van der Waals surface area contributed by atoms with Crippen LogP contribution in [0.25, 0.3) is 0 Å². The highest BCUT2D eigenvalue weighted by molar-refractivity contribution is 6.32. The van der Waals surface area contributed by atoms with Gasteiger partial charge >= 0.3 is 0 Å². The number of nitrogens with two attached hydrogens (primary N) is 1. The van der Waals surface area contributed by atoms with Gasteiger partial charge in [0.15, 0.2) is 0 Å². The molecule has 0 heterocycles. The Balaban J connectivity index is 2.94. The fourth-order valence-corrected chi connectivity index (χ4v) is 2.07. The first-order valence-electron chi connectivity index (χ1n) is 5.36. The number of methoxy groups -OCH3 is 1. The first kappa shape index (κ1) is 13.1. The van der Waals surface area contributed by atoms with Crippen LogP contribution in [0.15, 0.2) is 6.07 Å². The van der Waals surface area contributed by atoms with Crippen molar-refractivity contribution in [2.24, 2.45) is 5.73 Å². The largest absolute Gasteiger partial charge is 0.507 e. The van der Waals surface area contributed by atoms with Crippen LogP contribution in [0.3, 0.4) is 0 Å². The molecule has 1 aromatic rings. The fourth-order valence-electron chi connectivity index (χ4n) is 1.72. The lowest BCUT2D eigenvalue weighted by Crippen LogP contribution is -2.00. The summed E-state index contributed by atoms with van der Waals surface area (Å²) in [6, 6.07) is 1.76. The molecule has 0 amide bonds. The summed E-state index contributed by atoms with van der Waals surface area (Å²) >= 11 is 6.06. The van der Waals surface area contributed by atoms with Gasteiger partial charge in [-0.15, -0.1) is 0 Å². The van der Waals surface area contributed by atoms with Crippen LogP contribution in [0.4, 0.5) is 0 Å². The number of benzene rings is 1. The standard InChI is InChI=1S/C12H18ClNO2/c1-8-11(15)9(5-3-4-6-14)7-10(13)12(8)16-2/h7,15H,3-6,14H2,1-2H3. The summed E-state index contributed by atoms with van der Waals surface area (Å²) in [5, 5.41) is 10.5. The lowest BCUT2D eigenvalue weighted by atomic mass is 10.0. The summed E-state index contributed by atoms with van der Waals surface area (Å²) < 4.78 is 5.13. The lowest BCUT2D eigenvalue weighted by molar-refractivity contribution is 0.401. The minimum absolute atomic E-state index is 0.276. The average molecular weight is 244 g/mol. The highest BCUT2D eigenvalue weighted by atomic mass is 35.5. The number of aromatic hydroxyl groups is 1. The van der Waals surface area contributed by atoms with Gasteiger partial charge in [0.1, 0.15) is 11.5 Å². The Morgan fingerprint density at radius 3 is 2.69 bits per heavy atom. The maximum Gasteiger partial charge on any atom is 0.144 e. The van der Waals surface area contributed by atoms with E-state index in [0.717, 1.165) is 24.8 Å². The van der Waals surface area contributed by atoms with E-state index < -0.39 is 0 Å². The molecule has 0 saturated heterocycles. The van der Waals surface area contributed by atoms with E-state index in [1.54, 1.807) is 20.1 Å². The second-order valence-corrected chi connectivity index (χ2v) is 4.18. The van der Waals surface area contributed by atoms with Gasteiger partial charge in [0.25, 0.3) is 0 Å². The quantitative estimate of drug-likeness (QED) is 0.782. The van der Waals surface area contributed by atoms with Crippen LogP contribution in [0.1, 0.15) is 24.0 Å². The zero-order valence-corrected chi connectivity index (χ0v) is 10.5. The third kappa shape index (κ3) is 2.80. The van der Waals surface area contributed by atoms with Crippen LogP contribution in [0.5, 0.6) is 11.5 Å². The van der Waals surface area contributed by atoms with Gasteiger partial charge in [-0.05, 0) is 44.4 Å². The normalized spacial score (nSPS) is 10.5. The Morgan fingerprint density at radius 2 is 2.12 bits per heavy atom. The van der Waals surface area contributed by atoms with E-state index in [0.29, 0.717) is 22.9 Å². The van der Waals surface area contributed by atoms with E-state index in [4.69, 9.17) is 22.1 Å². The number of rotatable bonds is 5. The van der Waals surface area contributed by atoms with Crippen molar-refractivity contribution in [1.29, 1.82) is 0 Å². The molecule has 1 rings (SSSR count). The maximum absolute atomic E-state index is 9.96. The summed E-state index contributed by atoms with van der Waals surface area (Å²) in [5.41, 5.74) is 6.98. The Labute approximate surface area is 101 Å². The molecular formula is C12H18ClNO2. The zero-order chi connectivity index (χ0) is 12.1. The number of ether oxygens (including phenoxy) is 1. The molecule has 0 radical (unpaired) electrons. The predicted octanol–water partition coefficient (Wildman–Crippen LogP) is 2.64. The minimum Gasteiger partial charge on any atom is -0.507 e. The van der Waals surface area contributed by atoms with E-state index in [9.17, 15) is 5.11 Å². The van der Waals surface area contributed by atoms with Crippen molar-refractivity contribution in [2.45, 2.75) is 26.2 Å². The van der Waals surface area contributed by atoms with Crippen LogP contribution in [-0.2, 0) is 6.42 Å². The molecule has 0 aliphatic carbocycles. The molecule has 3 nitrogen and oxygen atoms in total. The molecule has 0 bridgehead atoms. The monoisotopic (exact) mass is 243 g/mol. The van der Waals surface area contributed by atoms with E-state index in [1.165, 1.54) is 0 Å². The van der Waals surface area contributed by atoms with Crippen molar-refractivity contribution in [1.82, 2.24) is 0 Å². The van der Waals surface area contributed by atoms with Gasteiger partial charge in [0, 0.05) is 5.56 Å². The second kappa shape index (κ2) is 5.97. The second-order valence-electron chi connectivity index (χ2n) is 3.77. The topological polar surface area (TPSA) is 55.5 Å². The molecule has 0 saturated carbocycles. The van der Waals surface area contributed by atoms with Crippen LogP contribution < -0.4 is 10.5 Å². The van der Waals surface area contributed by atoms with Gasteiger partial charge in [0.05, 0.1) is 12.1 Å². The summed E-state index contributed by atoms with van der Waals surface area (Å²) in [5.74, 6) is 0.819. The Bertz CT molecular complexity index is 367. The molecule has 0 aliphatic rings. The summed E-state index contributed by atoms with van der Waals surface area (Å²) in [4.78, 5) is 0. The Hall–Kier alpha value is -0.930. The third-order valence-corrected chi connectivity index (χ3v) is 2.90. The molecule has 90 valence electrons. The average Bonchev–Trinajstić information content (AvgIpc) is 2.26.